The molecule has 0 radical (unpaired) electrons. The van der Waals surface area contributed by atoms with E-state index < -0.39 is 21.8 Å². The predicted octanol–water partition coefficient (Wildman–Crippen LogP) is 2.62. The van der Waals surface area contributed by atoms with E-state index in [1.807, 2.05) is 12.1 Å². The van der Waals surface area contributed by atoms with Gasteiger partial charge in [0.25, 0.3) is 0 Å². The molecule has 2 N–H and O–H groups in total. The third kappa shape index (κ3) is 5.26. The molecular formula is C20H27NO3Si. The van der Waals surface area contributed by atoms with E-state index in [1.165, 1.54) is 18.2 Å². The summed E-state index contributed by atoms with van der Waals surface area (Å²) in [6.07, 6.45) is 0. The average Bonchev–Trinajstić information content (AvgIpc) is 2.62. The summed E-state index contributed by atoms with van der Waals surface area (Å²) in [7, 11) is 0.372. The fraction of sp³-hybridized carbons (Fsp3) is 0.350. The molecule has 1 atom stereocenters. The molecule has 5 heteroatoms. The van der Waals surface area contributed by atoms with E-state index in [1.54, 1.807) is 0 Å². The average molecular weight is 358 g/mol. The van der Waals surface area contributed by atoms with Crippen molar-refractivity contribution in [3.63, 3.8) is 0 Å². The fourth-order valence-corrected chi connectivity index (χ4v) is 4.67. The number of ether oxygens (including phenoxy) is 1. The predicted molar refractivity (Wildman–Crippen MR) is 103 cm³/mol. The molecule has 2 rings (SSSR count). The number of nitrogens with two attached hydrogens (primary N) is 1. The molecule has 0 saturated heterocycles. The number of hydrogen-bond donors (Lipinski definition) is 1. The van der Waals surface area contributed by atoms with Gasteiger partial charge < -0.3 is 14.9 Å². The lowest BCUT2D eigenvalue weighted by Crippen LogP contribution is -2.38. The lowest BCUT2D eigenvalue weighted by molar-refractivity contribution is -0.142. The fourth-order valence-electron chi connectivity index (χ4n) is 3.14. The second-order valence-corrected chi connectivity index (χ2v) is 9.41. The van der Waals surface area contributed by atoms with Crippen LogP contribution in [0.15, 0.2) is 60.7 Å². The van der Waals surface area contributed by atoms with Crippen molar-refractivity contribution >= 4 is 15.7 Å². The van der Waals surface area contributed by atoms with Crippen molar-refractivity contribution in [2.24, 2.45) is 5.73 Å². The van der Waals surface area contributed by atoms with Gasteiger partial charge in [-0.3, -0.25) is 4.79 Å². The van der Waals surface area contributed by atoms with Crippen LogP contribution in [0.1, 0.15) is 30.9 Å². The number of esters is 1. The summed E-state index contributed by atoms with van der Waals surface area (Å²) in [6.45, 7) is 4.67. The van der Waals surface area contributed by atoms with Gasteiger partial charge in [0.05, 0.1) is 13.7 Å². The molecule has 0 saturated carbocycles. The molecule has 4 nitrogen and oxygen atoms in total. The van der Waals surface area contributed by atoms with Crippen LogP contribution in [0.4, 0.5) is 0 Å². The van der Waals surface area contributed by atoms with E-state index in [0.29, 0.717) is 0 Å². The molecule has 2 aromatic rings. The van der Waals surface area contributed by atoms with Gasteiger partial charge in [-0.15, -0.1) is 0 Å². The number of methoxy groups -OCH3 is 1. The highest BCUT2D eigenvalue weighted by Gasteiger charge is 2.33. The van der Waals surface area contributed by atoms with Crippen LogP contribution in [0, 0.1) is 0 Å². The van der Waals surface area contributed by atoms with E-state index in [9.17, 15) is 4.79 Å². The summed E-state index contributed by atoms with van der Waals surface area (Å²) in [5, 5.41) is -0.0431. The molecule has 0 unspecified atom stereocenters. The number of rotatable bonds is 8. The quantitative estimate of drug-likeness (QED) is 0.583. The summed E-state index contributed by atoms with van der Waals surface area (Å²) in [4.78, 5) is 11.4. The minimum absolute atomic E-state index is 0.0431. The molecule has 0 fully saturated rings. The molecule has 0 aliphatic carbocycles. The molecule has 0 heterocycles. The highest BCUT2D eigenvalue weighted by Crippen LogP contribution is 2.45. The first-order valence-corrected chi connectivity index (χ1v) is 9.75. The van der Waals surface area contributed by atoms with Crippen molar-refractivity contribution in [3.05, 3.63) is 71.8 Å². The Hall–Kier alpha value is -1.95. The number of benzene rings is 2. The Bertz CT molecular complexity index is 622. The monoisotopic (exact) mass is 357 g/mol. The molecule has 0 bridgehead atoms. The molecule has 0 amide bonds. The van der Waals surface area contributed by atoms with Crippen LogP contribution in [0.25, 0.3) is 0 Å². The van der Waals surface area contributed by atoms with Crippen LogP contribution in [-0.4, -0.2) is 35.5 Å². The minimum Gasteiger partial charge on any atom is -0.468 e. The number of carbonyl (C=O) groups is 1. The first kappa shape index (κ1) is 19.4. The third-order valence-corrected chi connectivity index (χ3v) is 5.91. The van der Waals surface area contributed by atoms with Crippen molar-refractivity contribution < 1.29 is 14.0 Å². The maximum Gasteiger partial charge on any atom is 0.324 e. The van der Waals surface area contributed by atoms with Gasteiger partial charge in [-0.1, -0.05) is 74.5 Å². The molecular weight excluding hydrogens is 330 g/mol. The van der Waals surface area contributed by atoms with Gasteiger partial charge in [0.1, 0.15) is 6.04 Å². The normalized spacial score (nSPS) is 13.3. The second-order valence-electron chi connectivity index (χ2n) is 6.89. The minimum atomic E-state index is -0.966. The Balaban J connectivity index is 2.17. The Labute approximate surface area is 152 Å². The maximum absolute atomic E-state index is 11.4. The van der Waals surface area contributed by atoms with Gasteiger partial charge >= 0.3 is 5.97 Å². The van der Waals surface area contributed by atoms with Crippen molar-refractivity contribution in [2.75, 3.05) is 13.7 Å². The highest BCUT2D eigenvalue weighted by molar-refractivity contribution is 6.32. The number of carbonyl (C=O) groups excluding carboxylic acids is 1. The van der Waals surface area contributed by atoms with E-state index in [4.69, 9.17) is 10.2 Å². The molecule has 0 aliphatic heterocycles. The molecule has 0 aliphatic rings. The van der Waals surface area contributed by atoms with Crippen LogP contribution in [0.3, 0.4) is 0 Å². The maximum atomic E-state index is 11.4. The SMILES string of the molecule is COC(=O)[C@H](N)CO[SiH2]C(C)(C)C(c1ccccc1)c1ccccc1. The van der Waals surface area contributed by atoms with Crippen LogP contribution in [-0.2, 0) is 14.0 Å². The summed E-state index contributed by atoms with van der Waals surface area (Å²) < 4.78 is 10.6. The van der Waals surface area contributed by atoms with Crippen LogP contribution in [0.2, 0.25) is 5.04 Å². The number of hydrogen-bond acceptors (Lipinski definition) is 4. The van der Waals surface area contributed by atoms with Gasteiger partial charge in [0.15, 0.2) is 9.76 Å². The van der Waals surface area contributed by atoms with Gasteiger partial charge in [0.2, 0.25) is 0 Å². The topological polar surface area (TPSA) is 61.5 Å². The Kier molecular flexibility index (Phi) is 6.93. The smallest absolute Gasteiger partial charge is 0.324 e. The Morgan fingerprint density at radius 3 is 1.96 bits per heavy atom. The standard InChI is InChI=1S/C20H27NO3Si/c1-20(2,25-24-14-17(21)19(22)23-3)18(15-10-6-4-7-11-15)16-12-8-5-9-13-16/h4-13,17-18H,14,21,25H2,1-3H3/t17-/m1/s1. The zero-order valence-corrected chi connectivity index (χ0v) is 16.6. The summed E-state index contributed by atoms with van der Waals surface area (Å²) in [5.41, 5.74) is 8.32. The zero-order chi connectivity index (χ0) is 18.3. The highest BCUT2D eigenvalue weighted by atomic mass is 28.2. The first-order chi connectivity index (χ1) is 12.0. The summed E-state index contributed by atoms with van der Waals surface area (Å²) in [6, 6.07) is 20.2. The lowest BCUT2D eigenvalue weighted by atomic mass is 9.82. The van der Waals surface area contributed by atoms with Crippen molar-refractivity contribution in [2.45, 2.75) is 30.8 Å². The van der Waals surface area contributed by atoms with Gasteiger partial charge in [-0.2, -0.15) is 0 Å². The lowest BCUT2D eigenvalue weighted by Gasteiger charge is -2.35. The van der Waals surface area contributed by atoms with Crippen molar-refractivity contribution in [1.29, 1.82) is 0 Å². The van der Waals surface area contributed by atoms with Gasteiger partial charge in [0, 0.05) is 5.92 Å². The molecule has 134 valence electrons. The van der Waals surface area contributed by atoms with E-state index in [-0.39, 0.29) is 17.6 Å². The largest absolute Gasteiger partial charge is 0.468 e. The van der Waals surface area contributed by atoms with E-state index in [0.717, 1.165) is 0 Å². The second kappa shape index (κ2) is 8.94. The Morgan fingerprint density at radius 1 is 1.04 bits per heavy atom. The Morgan fingerprint density at radius 2 is 1.52 bits per heavy atom. The molecule has 25 heavy (non-hydrogen) atoms. The molecule has 2 aromatic carbocycles. The summed E-state index contributed by atoms with van der Waals surface area (Å²) >= 11 is 0. The summed E-state index contributed by atoms with van der Waals surface area (Å²) in [5.74, 6) is -0.203. The van der Waals surface area contributed by atoms with Crippen LogP contribution < -0.4 is 5.73 Å². The molecule has 0 spiro atoms. The zero-order valence-electron chi connectivity index (χ0n) is 15.1. The van der Waals surface area contributed by atoms with Gasteiger partial charge in [-0.05, 0) is 16.2 Å². The van der Waals surface area contributed by atoms with Crippen molar-refractivity contribution in [1.82, 2.24) is 0 Å². The van der Waals surface area contributed by atoms with E-state index in [2.05, 4.69) is 67.1 Å². The van der Waals surface area contributed by atoms with Crippen molar-refractivity contribution in [3.8, 4) is 0 Å². The van der Waals surface area contributed by atoms with E-state index >= 15 is 0 Å². The first-order valence-electron chi connectivity index (χ1n) is 8.47. The van der Waals surface area contributed by atoms with Crippen LogP contribution in [0.5, 0.6) is 0 Å². The van der Waals surface area contributed by atoms with Crippen LogP contribution >= 0.6 is 0 Å². The van der Waals surface area contributed by atoms with Gasteiger partial charge in [-0.25, -0.2) is 0 Å². The third-order valence-electron chi connectivity index (χ3n) is 4.32. The molecule has 0 aromatic heterocycles.